The van der Waals surface area contributed by atoms with Gasteiger partial charge in [0.1, 0.15) is 6.10 Å². The third-order valence-corrected chi connectivity index (χ3v) is 9.84. The number of carbonyl (C=O) groups is 1. The van der Waals surface area contributed by atoms with Crippen LogP contribution >= 0.6 is 0 Å². The van der Waals surface area contributed by atoms with Crippen LogP contribution in [0.25, 0.3) is 17.2 Å². The zero-order valence-electron chi connectivity index (χ0n) is 21.4. The molecule has 1 aromatic heterocycles. The number of rotatable bonds is 3. The van der Waals surface area contributed by atoms with E-state index in [4.69, 9.17) is 4.74 Å². The molecule has 2 saturated carbocycles. The van der Waals surface area contributed by atoms with E-state index < -0.39 is 17.2 Å². The molecule has 2 aliphatic carbocycles. The second kappa shape index (κ2) is 8.46. The minimum Gasteiger partial charge on any atom is -0.462 e. The molecule has 2 aromatic rings. The van der Waals surface area contributed by atoms with Crippen molar-refractivity contribution in [2.75, 3.05) is 0 Å². The molecule has 0 bridgehead atoms. The minimum absolute atomic E-state index is 0.0790. The minimum atomic E-state index is -4.38. The summed E-state index contributed by atoms with van der Waals surface area (Å²) in [5.41, 5.74) is 0.430. The lowest BCUT2D eigenvalue weighted by atomic mass is 9.41. The summed E-state index contributed by atoms with van der Waals surface area (Å²) in [7, 11) is 0. The summed E-state index contributed by atoms with van der Waals surface area (Å²) in [6, 6.07) is 8.96. The van der Waals surface area contributed by atoms with Gasteiger partial charge in [-0.1, -0.05) is 51.0 Å². The number of hydrogen-bond acceptors (Lipinski definition) is 3. The molecule has 3 nitrogen and oxygen atoms in total. The number of nitrogens with zero attached hydrogens (tertiary/aromatic N) is 1. The van der Waals surface area contributed by atoms with Crippen LogP contribution in [0.3, 0.4) is 0 Å². The molecule has 5 rings (SSSR count). The van der Waals surface area contributed by atoms with Gasteiger partial charge in [0.05, 0.1) is 16.7 Å². The van der Waals surface area contributed by atoms with Gasteiger partial charge in [-0.2, -0.15) is 13.2 Å². The molecule has 0 radical (unpaired) electrons. The third-order valence-electron chi connectivity index (χ3n) is 9.84. The maximum atomic E-state index is 13.1. The van der Waals surface area contributed by atoms with Gasteiger partial charge in [0.25, 0.3) is 0 Å². The Hall–Kier alpha value is -2.63. The Morgan fingerprint density at radius 1 is 1.08 bits per heavy atom. The van der Waals surface area contributed by atoms with Crippen LogP contribution in [0.4, 0.5) is 13.2 Å². The molecule has 1 saturated heterocycles. The number of ether oxygens (including phenoxy) is 1. The molecule has 2 heterocycles. The van der Waals surface area contributed by atoms with E-state index in [-0.39, 0.29) is 28.8 Å². The summed E-state index contributed by atoms with van der Waals surface area (Å²) in [4.78, 5) is 17.7. The van der Waals surface area contributed by atoms with Gasteiger partial charge < -0.3 is 4.74 Å². The quantitative estimate of drug-likeness (QED) is 0.404. The molecular formula is C30H34F3NO2. The number of fused-ring (bicyclic) bond motifs is 2. The summed E-state index contributed by atoms with van der Waals surface area (Å²) in [5, 5.41) is 0. The standard InChI is InChI=1S/C30H34F3NO2/c1-19-29(4)25(24-10-5-6-15-27(24,2)18-28(29,3)26(35)36-19)14-13-23-12-11-21(17-34-23)20-8-7-9-22(16-20)30(31,32)33/h7-9,11-14,16-17,19,24-25H,5-6,10,15,18H2,1-4H3/b14-13+/t19-,24+,25+,27+,28+,29+/m1/s1. The zero-order chi connectivity index (χ0) is 25.9. The van der Waals surface area contributed by atoms with Crippen LogP contribution in [-0.4, -0.2) is 17.1 Å². The second-order valence-corrected chi connectivity index (χ2v) is 11.8. The van der Waals surface area contributed by atoms with Crippen molar-refractivity contribution in [3.8, 4) is 11.1 Å². The van der Waals surface area contributed by atoms with Crippen LogP contribution < -0.4 is 0 Å². The molecule has 6 heteroatoms. The van der Waals surface area contributed by atoms with Crippen LogP contribution in [0.2, 0.25) is 0 Å². The monoisotopic (exact) mass is 497 g/mol. The number of hydrogen-bond donors (Lipinski definition) is 0. The number of aromatic nitrogens is 1. The van der Waals surface area contributed by atoms with E-state index in [0.29, 0.717) is 17.0 Å². The van der Waals surface area contributed by atoms with Crippen LogP contribution in [0.5, 0.6) is 0 Å². The van der Waals surface area contributed by atoms with Gasteiger partial charge in [0.2, 0.25) is 0 Å². The maximum Gasteiger partial charge on any atom is 0.416 e. The number of cyclic esters (lactones) is 1. The van der Waals surface area contributed by atoms with Crippen LogP contribution in [0.1, 0.15) is 71.1 Å². The summed E-state index contributed by atoms with van der Waals surface area (Å²) in [6.45, 7) is 8.69. The fraction of sp³-hybridized carbons (Fsp3) is 0.533. The first-order valence-electron chi connectivity index (χ1n) is 12.9. The van der Waals surface area contributed by atoms with Crippen molar-refractivity contribution in [2.45, 2.75) is 72.1 Å². The molecule has 1 aliphatic heterocycles. The maximum absolute atomic E-state index is 13.1. The predicted molar refractivity (Wildman–Crippen MR) is 134 cm³/mol. The molecule has 3 aliphatic rings. The lowest BCUT2D eigenvalue weighted by Crippen LogP contribution is -2.59. The fourth-order valence-electron chi connectivity index (χ4n) is 7.55. The molecule has 0 amide bonds. The summed E-state index contributed by atoms with van der Waals surface area (Å²) < 4.78 is 45.2. The van der Waals surface area contributed by atoms with Crippen molar-refractivity contribution in [2.24, 2.45) is 28.1 Å². The second-order valence-electron chi connectivity index (χ2n) is 11.8. The van der Waals surface area contributed by atoms with Crippen molar-refractivity contribution in [3.63, 3.8) is 0 Å². The van der Waals surface area contributed by atoms with Gasteiger partial charge in [0, 0.05) is 17.2 Å². The first-order valence-corrected chi connectivity index (χ1v) is 12.9. The highest BCUT2D eigenvalue weighted by atomic mass is 19.4. The number of halogens is 3. The summed E-state index contributed by atoms with van der Waals surface area (Å²) in [5.74, 6) is 0.541. The first-order chi connectivity index (χ1) is 16.9. The van der Waals surface area contributed by atoms with E-state index >= 15 is 0 Å². The number of alkyl halides is 3. The molecule has 3 fully saturated rings. The topological polar surface area (TPSA) is 39.2 Å². The largest absolute Gasteiger partial charge is 0.462 e. The smallest absolute Gasteiger partial charge is 0.416 e. The molecule has 36 heavy (non-hydrogen) atoms. The van der Waals surface area contributed by atoms with Gasteiger partial charge in [0.15, 0.2) is 0 Å². The lowest BCUT2D eigenvalue weighted by Gasteiger charge is -2.60. The van der Waals surface area contributed by atoms with Crippen molar-refractivity contribution < 1.29 is 22.7 Å². The van der Waals surface area contributed by atoms with Gasteiger partial charge in [-0.15, -0.1) is 0 Å². The molecule has 192 valence electrons. The summed E-state index contributed by atoms with van der Waals surface area (Å²) >= 11 is 0. The van der Waals surface area contributed by atoms with E-state index in [1.807, 2.05) is 25.1 Å². The molecule has 1 aromatic carbocycles. The molecule has 6 atom stereocenters. The van der Waals surface area contributed by atoms with Crippen molar-refractivity contribution in [1.82, 2.24) is 4.98 Å². The number of esters is 1. The van der Waals surface area contributed by atoms with Crippen molar-refractivity contribution in [1.29, 1.82) is 0 Å². The molecule has 0 N–H and O–H groups in total. The van der Waals surface area contributed by atoms with E-state index in [1.54, 1.807) is 12.3 Å². The van der Waals surface area contributed by atoms with E-state index in [1.165, 1.54) is 18.9 Å². The lowest BCUT2D eigenvalue weighted by molar-refractivity contribution is -0.157. The van der Waals surface area contributed by atoms with Crippen LogP contribution in [-0.2, 0) is 15.7 Å². The Bertz CT molecular complexity index is 1190. The Kier molecular flexibility index (Phi) is 5.88. The first kappa shape index (κ1) is 25.0. The predicted octanol–water partition coefficient (Wildman–Crippen LogP) is 7.95. The van der Waals surface area contributed by atoms with Crippen LogP contribution in [0, 0.1) is 28.1 Å². The van der Waals surface area contributed by atoms with E-state index in [0.717, 1.165) is 37.1 Å². The van der Waals surface area contributed by atoms with Gasteiger partial charge >= 0.3 is 12.1 Å². The third kappa shape index (κ3) is 3.79. The van der Waals surface area contributed by atoms with E-state index in [9.17, 15) is 18.0 Å². The van der Waals surface area contributed by atoms with Gasteiger partial charge in [-0.05, 0) is 80.2 Å². The SMILES string of the molecule is C[C@H]1OC(=O)[C@]2(C)C[C@]3(C)CCCC[C@H]3[C@H](/C=C/c3ccc(-c4cccc(C(F)(F)F)c4)cn3)[C@]12C. The molecular weight excluding hydrogens is 463 g/mol. The number of benzene rings is 1. The Morgan fingerprint density at radius 2 is 1.86 bits per heavy atom. The van der Waals surface area contributed by atoms with Crippen molar-refractivity contribution in [3.05, 3.63) is 59.9 Å². The fourth-order valence-corrected chi connectivity index (χ4v) is 7.55. The number of carbonyl (C=O) groups excluding carboxylic acids is 1. The molecule has 0 spiro atoms. The highest BCUT2D eigenvalue weighted by Gasteiger charge is 2.70. The Morgan fingerprint density at radius 3 is 2.56 bits per heavy atom. The zero-order valence-corrected chi connectivity index (χ0v) is 21.4. The highest BCUT2D eigenvalue weighted by molar-refractivity contribution is 5.81. The average molecular weight is 498 g/mol. The Labute approximate surface area is 211 Å². The Balaban J connectivity index is 1.46. The van der Waals surface area contributed by atoms with Crippen molar-refractivity contribution >= 4 is 12.0 Å². The number of allylic oxidation sites excluding steroid dienone is 1. The van der Waals surface area contributed by atoms with Crippen LogP contribution in [0.15, 0.2) is 48.7 Å². The normalized spacial score (nSPS) is 36.4. The summed E-state index contributed by atoms with van der Waals surface area (Å²) in [6.07, 6.45) is 6.83. The average Bonchev–Trinajstić information content (AvgIpc) is 3.00. The highest BCUT2D eigenvalue weighted by Crippen LogP contribution is 2.69. The molecule has 0 unspecified atom stereocenters. The van der Waals surface area contributed by atoms with Gasteiger partial charge in [-0.3, -0.25) is 9.78 Å². The van der Waals surface area contributed by atoms with E-state index in [2.05, 4.69) is 31.8 Å². The number of pyridine rings is 1. The van der Waals surface area contributed by atoms with Gasteiger partial charge in [-0.25, -0.2) is 0 Å².